The second-order valence-electron chi connectivity index (χ2n) is 5.21. The molecule has 3 unspecified atom stereocenters. The number of nitrogens with zero attached hydrogens (tertiary/aromatic N) is 1. The van der Waals surface area contributed by atoms with Crippen LogP contribution in [0.5, 0.6) is 0 Å². The van der Waals surface area contributed by atoms with E-state index in [1.54, 1.807) is 4.90 Å². The molecule has 0 aromatic rings. The molecule has 0 aliphatic carbocycles. The summed E-state index contributed by atoms with van der Waals surface area (Å²) < 4.78 is 0. The second kappa shape index (κ2) is 6.21. The van der Waals surface area contributed by atoms with Gasteiger partial charge in [0.25, 0.3) is 0 Å². The molecule has 0 aromatic carbocycles. The zero-order chi connectivity index (χ0) is 13.9. The molecule has 1 saturated heterocycles. The van der Waals surface area contributed by atoms with E-state index in [0.29, 0.717) is 12.3 Å². The van der Waals surface area contributed by atoms with Crippen LogP contribution in [-0.2, 0) is 9.59 Å². The molecular formula is C14H26N2O2. The highest BCUT2D eigenvalue weighted by Crippen LogP contribution is 2.24. The average molecular weight is 254 g/mol. The van der Waals surface area contributed by atoms with E-state index < -0.39 is 0 Å². The van der Waals surface area contributed by atoms with E-state index >= 15 is 0 Å². The average Bonchev–Trinajstić information content (AvgIpc) is 2.35. The predicted octanol–water partition coefficient (Wildman–Crippen LogP) is 1.94. The Hall–Kier alpha value is -1.06. The molecule has 0 bridgehead atoms. The fourth-order valence-corrected chi connectivity index (χ4v) is 2.88. The van der Waals surface area contributed by atoms with Gasteiger partial charge < -0.3 is 10.2 Å². The third-order valence-corrected chi connectivity index (χ3v) is 4.24. The molecule has 1 aliphatic heterocycles. The Bertz CT molecular complexity index is 313. The van der Waals surface area contributed by atoms with E-state index in [1.807, 2.05) is 13.8 Å². The summed E-state index contributed by atoms with van der Waals surface area (Å²) >= 11 is 0. The van der Waals surface area contributed by atoms with Gasteiger partial charge in [-0.15, -0.1) is 0 Å². The highest BCUT2D eigenvalue weighted by molar-refractivity contribution is 5.96. The summed E-state index contributed by atoms with van der Waals surface area (Å²) in [5.41, 5.74) is 0. The van der Waals surface area contributed by atoms with Crippen LogP contribution in [0, 0.1) is 5.92 Å². The lowest BCUT2D eigenvalue weighted by Gasteiger charge is -2.43. The van der Waals surface area contributed by atoms with E-state index in [9.17, 15) is 9.59 Å². The first-order valence-corrected chi connectivity index (χ1v) is 7.10. The van der Waals surface area contributed by atoms with Gasteiger partial charge in [0.1, 0.15) is 12.1 Å². The van der Waals surface area contributed by atoms with Crippen LogP contribution in [0.2, 0.25) is 0 Å². The summed E-state index contributed by atoms with van der Waals surface area (Å²) in [4.78, 5) is 26.1. The summed E-state index contributed by atoms with van der Waals surface area (Å²) in [6.45, 7) is 10.1. The molecule has 3 atom stereocenters. The molecule has 4 nitrogen and oxygen atoms in total. The van der Waals surface area contributed by atoms with Crippen molar-refractivity contribution in [3.63, 3.8) is 0 Å². The summed E-state index contributed by atoms with van der Waals surface area (Å²) in [5.74, 6) is 0.503. The van der Waals surface area contributed by atoms with Gasteiger partial charge in [0.2, 0.25) is 11.8 Å². The largest absolute Gasteiger partial charge is 0.343 e. The van der Waals surface area contributed by atoms with Gasteiger partial charge >= 0.3 is 0 Å². The normalized spacial score (nSPS) is 26.4. The number of amides is 2. The van der Waals surface area contributed by atoms with Gasteiger partial charge in [0, 0.05) is 6.04 Å². The maximum Gasteiger partial charge on any atom is 0.246 e. The Morgan fingerprint density at radius 3 is 2.22 bits per heavy atom. The molecule has 0 radical (unpaired) electrons. The predicted molar refractivity (Wildman–Crippen MR) is 72.1 cm³/mol. The van der Waals surface area contributed by atoms with E-state index in [4.69, 9.17) is 0 Å². The van der Waals surface area contributed by atoms with E-state index in [2.05, 4.69) is 26.1 Å². The molecule has 1 N–H and O–H groups in total. The molecule has 1 rings (SSSR count). The van der Waals surface area contributed by atoms with Crippen LogP contribution >= 0.6 is 0 Å². The fourth-order valence-electron chi connectivity index (χ4n) is 2.88. The van der Waals surface area contributed by atoms with E-state index in [-0.39, 0.29) is 29.9 Å². The van der Waals surface area contributed by atoms with Crippen molar-refractivity contribution in [2.24, 2.45) is 5.92 Å². The van der Waals surface area contributed by atoms with Crippen LogP contribution in [-0.4, -0.2) is 34.8 Å². The molecule has 18 heavy (non-hydrogen) atoms. The molecule has 1 aliphatic rings. The lowest BCUT2D eigenvalue weighted by molar-refractivity contribution is -0.152. The van der Waals surface area contributed by atoms with Crippen molar-refractivity contribution in [2.75, 3.05) is 0 Å². The molecule has 104 valence electrons. The monoisotopic (exact) mass is 254 g/mol. The highest BCUT2D eigenvalue weighted by Gasteiger charge is 2.40. The Kier molecular flexibility index (Phi) is 5.17. The molecule has 1 fully saturated rings. The number of carbonyl (C=O) groups is 2. The molecule has 0 aromatic heterocycles. The lowest BCUT2D eigenvalue weighted by atomic mass is 9.91. The van der Waals surface area contributed by atoms with Crippen molar-refractivity contribution in [1.29, 1.82) is 0 Å². The van der Waals surface area contributed by atoms with Gasteiger partial charge in [-0.25, -0.2) is 0 Å². The number of hydrogen-bond acceptors (Lipinski definition) is 2. The van der Waals surface area contributed by atoms with Gasteiger partial charge in [0.15, 0.2) is 0 Å². The minimum absolute atomic E-state index is 0.0285. The molecule has 0 saturated carbocycles. The maximum absolute atomic E-state index is 12.4. The van der Waals surface area contributed by atoms with Crippen molar-refractivity contribution < 1.29 is 9.59 Å². The number of nitrogens with one attached hydrogen (secondary N) is 1. The minimum atomic E-state index is -0.351. The smallest absolute Gasteiger partial charge is 0.246 e. The maximum atomic E-state index is 12.4. The minimum Gasteiger partial charge on any atom is -0.343 e. The number of carbonyl (C=O) groups excluding carboxylic acids is 2. The topological polar surface area (TPSA) is 49.4 Å². The standard InChI is InChI=1S/C14H26N2O2/c1-6-11(7-2)9(4)16-10(5)13(17)15-12(8-3)14(16)18/h9-12H,6-8H2,1-5H3,(H,15,17). The van der Waals surface area contributed by atoms with Gasteiger partial charge in [0.05, 0.1) is 0 Å². The number of hydrogen-bond donors (Lipinski definition) is 1. The molecule has 1 heterocycles. The third kappa shape index (κ3) is 2.68. The van der Waals surface area contributed by atoms with Crippen LogP contribution < -0.4 is 5.32 Å². The van der Waals surface area contributed by atoms with Crippen LogP contribution in [0.25, 0.3) is 0 Å². The Morgan fingerprint density at radius 2 is 1.78 bits per heavy atom. The zero-order valence-corrected chi connectivity index (χ0v) is 12.2. The van der Waals surface area contributed by atoms with E-state index in [0.717, 1.165) is 12.8 Å². The number of piperazine rings is 1. The van der Waals surface area contributed by atoms with Gasteiger partial charge in [-0.3, -0.25) is 9.59 Å². The summed E-state index contributed by atoms with van der Waals surface area (Å²) in [6, 6.07) is -0.566. The van der Waals surface area contributed by atoms with Gasteiger partial charge in [-0.2, -0.15) is 0 Å². The second-order valence-corrected chi connectivity index (χ2v) is 5.21. The van der Waals surface area contributed by atoms with E-state index in [1.165, 1.54) is 0 Å². The summed E-state index contributed by atoms with van der Waals surface area (Å²) in [6.07, 6.45) is 2.72. The highest BCUT2D eigenvalue weighted by atomic mass is 16.2. The summed E-state index contributed by atoms with van der Waals surface area (Å²) in [7, 11) is 0. The zero-order valence-electron chi connectivity index (χ0n) is 12.2. The van der Waals surface area contributed by atoms with Crippen molar-refractivity contribution in [3.8, 4) is 0 Å². The van der Waals surface area contributed by atoms with Gasteiger partial charge in [-0.05, 0) is 26.2 Å². The van der Waals surface area contributed by atoms with Crippen molar-refractivity contribution >= 4 is 11.8 Å². The van der Waals surface area contributed by atoms with Crippen molar-refractivity contribution in [1.82, 2.24) is 10.2 Å². The lowest BCUT2D eigenvalue weighted by Crippen LogP contribution is -2.65. The Morgan fingerprint density at radius 1 is 1.22 bits per heavy atom. The van der Waals surface area contributed by atoms with Crippen LogP contribution in [0.4, 0.5) is 0 Å². The van der Waals surface area contributed by atoms with Crippen molar-refractivity contribution in [2.45, 2.75) is 72.0 Å². The van der Waals surface area contributed by atoms with Crippen LogP contribution in [0.3, 0.4) is 0 Å². The third-order valence-electron chi connectivity index (χ3n) is 4.24. The molecule has 0 spiro atoms. The first kappa shape index (κ1) is 15.0. The fraction of sp³-hybridized carbons (Fsp3) is 0.857. The first-order chi connectivity index (χ1) is 8.47. The Balaban J connectivity index is 2.94. The quantitative estimate of drug-likeness (QED) is 0.815. The first-order valence-electron chi connectivity index (χ1n) is 7.10. The Labute approximate surface area is 110 Å². The van der Waals surface area contributed by atoms with Gasteiger partial charge in [-0.1, -0.05) is 33.6 Å². The molecule has 4 heteroatoms. The molecular weight excluding hydrogens is 228 g/mol. The van der Waals surface area contributed by atoms with Crippen molar-refractivity contribution in [3.05, 3.63) is 0 Å². The summed E-state index contributed by atoms with van der Waals surface area (Å²) in [5, 5.41) is 2.80. The SMILES string of the molecule is CCC1NC(=O)C(C)N(C(C)C(CC)CC)C1=O. The number of rotatable bonds is 5. The van der Waals surface area contributed by atoms with Crippen LogP contribution in [0.15, 0.2) is 0 Å². The van der Waals surface area contributed by atoms with Crippen LogP contribution in [0.1, 0.15) is 53.9 Å². The molecule has 2 amide bonds.